The van der Waals surface area contributed by atoms with Gasteiger partial charge >= 0.3 is 5.97 Å². The molecule has 92 valence electrons. The van der Waals surface area contributed by atoms with E-state index in [4.69, 9.17) is 21.4 Å². The molecule has 6 heteroatoms. The first-order valence-corrected chi connectivity index (χ1v) is 5.44. The molecule has 0 aliphatic heterocycles. The zero-order chi connectivity index (χ0) is 13.1. The lowest BCUT2D eigenvalue weighted by atomic mass is 10.2. The van der Waals surface area contributed by atoms with E-state index in [-0.39, 0.29) is 10.6 Å². The van der Waals surface area contributed by atoms with E-state index in [2.05, 4.69) is 9.97 Å². The van der Waals surface area contributed by atoms with E-state index in [1.807, 2.05) is 0 Å². The standard InChI is InChI=1S/C12H9ClN2O3/c1-7-14-5-4-11(15-7)18-10-3-2-8(12(16)17)6-9(10)13/h2-6H,1H3,(H,16,17). The van der Waals surface area contributed by atoms with Crippen molar-refractivity contribution in [2.45, 2.75) is 6.92 Å². The van der Waals surface area contributed by atoms with E-state index in [1.54, 1.807) is 19.2 Å². The van der Waals surface area contributed by atoms with Crippen LogP contribution in [0.2, 0.25) is 5.02 Å². The number of aryl methyl sites for hydroxylation is 1. The number of carboxylic acid groups (broad SMARTS) is 1. The lowest BCUT2D eigenvalue weighted by Gasteiger charge is -2.07. The Bertz CT molecular complexity index is 602. The minimum absolute atomic E-state index is 0.103. The third-order valence-corrected chi connectivity index (χ3v) is 2.44. The molecule has 0 spiro atoms. The van der Waals surface area contributed by atoms with Gasteiger partial charge in [0.15, 0.2) is 0 Å². The number of carboxylic acids is 1. The van der Waals surface area contributed by atoms with Crippen molar-refractivity contribution >= 4 is 17.6 Å². The third-order valence-electron chi connectivity index (χ3n) is 2.14. The van der Waals surface area contributed by atoms with E-state index < -0.39 is 5.97 Å². The maximum Gasteiger partial charge on any atom is 0.335 e. The van der Waals surface area contributed by atoms with Crippen molar-refractivity contribution in [2.75, 3.05) is 0 Å². The van der Waals surface area contributed by atoms with Crippen LogP contribution in [0.25, 0.3) is 0 Å². The van der Waals surface area contributed by atoms with Gasteiger partial charge in [0.2, 0.25) is 5.88 Å². The molecule has 0 saturated heterocycles. The molecule has 5 nitrogen and oxygen atoms in total. The normalized spacial score (nSPS) is 10.1. The molecule has 2 aromatic rings. The van der Waals surface area contributed by atoms with Crippen LogP contribution < -0.4 is 4.74 Å². The van der Waals surface area contributed by atoms with Crippen LogP contribution in [0, 0.1) is 6.92 Å². The quantitative estimate of drug-likeness (QED) is 0.923. The van der Waals surface area contributed by atoms with Crippen LogP contribution in [0.4, 0.5) is 0 Å². The number of ether oxygens (including phenoxy) is 1. The molecule has 0 fully saturated rings. The number of rotatable bonds is 3. The highest BCUT2D eigenvalue weighted by Gasteiger charge is 2.09. The summed E-state index contributed by atoms with van der Waals surface area (Å²) < 4.78 is 5.45. The first-order valence-electron chi connectivity index (χ1n) is 5.06. The Morgan fingerprint density at radius 1 is 1.39 bits per heavy atom. The molecule has 1 aromatic heterocycles. The molecule has 2 rings (SSSR count). The summed E-state index contributed by atoms with van der Waals surface area (Å²) in [5, 5.41) is 9.02. The number of carbonyl (C=O) groups is 1. The zero-order valence-corrected chi connectivity index (χ0v) is 10.2. The predicted octanol–water partition coefficient (Wildman–Crippen LogP) is 2.93. The van der Waals surface area contributed by atoms with E-state index in [0.29, 0.717) is 17.5 Å². The molecule has 0 amide bonds. The first-order chi connectivity index (χ1) is 8.56. The van der Waals surface area contributed by atoms with Crippen LogP contribution >= 0.6 is 11.6 Å². The van der Waals surface area contributed by atoms with Crippen LogP contribution in [0.1, 0.15) is 16.2 Å². The molecule has 0 bridgehead atoms. The van der Waals surface area contributed by atoms with Crippen molar-refractivity contribution in [1.29, 1.82) is 0 Å². The van der Waals surface area contributed by atoms with E-state index >= 15 is 0 Å². The predicted molar refractivity (Wildman–Crippen MR) is 65.3 cm³/mol. The van der Waals surface area contributed by atoms with Gasteiger partial charge in [0, 0.05) is 12.3 Å². The summed E-state index contributed by atoms with van der Waals surface area (Å²) in [6, 6.07) is 5.82. The summed E-state index contributed by atoms with van der Waals surface area (Å²) in [6.07, 6.45) is 1.57. The molecule has 1 aromatic carbocycles. The molecule has 0 unspecified atom stereocenters. The molecule has 0 aliphatic rings. The Kier molecular flexibility index (Phi) is 3.43. The van der Waals surface area contributed by atoms with Crippen molar-refractivity contribution in [1.82, 2.24) is 9.97 Å². The lowest BCUT2D eigenvalue weighted by Crippen LogP contribution is -1.97. The Labute approximate surface area is 108 Å². The third kappa shape index (κ3) is 2.75. The maximum atomic E-state index is 10.7. The topological polar surface area (TPSA) is 72.3 Å². The molecule has 18 heavy (non-hydrogen) atoms. The molecular formula is C12H9ClN2O3. The number of aromatic nitrogens is 2. The van der Waals surface area contributed by atoms with Gasteiger partial charge in [-0.15, -0.1) is 0 Å². The number of halogens is 1. The van der Waals surface area contributed by atoms with Gasteiger partial charge in [0.1, 0.15) is 11.6 Å². The average molecular weight is 265 g/mol. The Balaban J connectivity index is 2.27. The Morgan fingerprint density at radius 2 is 2.17 bits per heavy atom. The van der Waals surface area contributed by atoms with Crippen LogP contribution in [-0.2, 0) is 0 Å². The molecule has 0 aliphatic carbocycles. The van der Waals surface area contributed by atoms with Gasteiger partial charge in [-0.05, 0) is 25.1 Å². The monoisotopic (exact) mass is 264 g/mol. The molecular weight excluding hydrogens is 256 g/mol. The van der Waals surface area contributed by atoms with Gasteiger partial charge in [0.05, 0.1) is 10.6 Å². The highest BCUT2D eigenvalue weighted by molar-refractivity contribution is 6.32. The number of aromatic carboxylic acids is 1. The van der Waals surface area contributed by atoms with Gasteiger partial charge in [0.25, 0.3) is 0 Å². The van der Waals surface area contributed by atoms with Gasteiger partial charge in [-0.3, -0.25) is 0 Å². The van der Waals surface area contributed by atoms with E-state index in [1.165, 1.54) is 18.2 Å². The van der Waals surface area contributed by atoms with Crippen molar-refractivity contribution in [2.24, 2.45) is 0 Å². The highest BCUT2D eigenvalue weighted by atomic mass is 35.5. The van der Waals surface area contributed by atoms with Crippen molar-refractivity contribution < 1.29 is 14.6 Å². The fraction of sp³-hybridized carbons (Fsp3) is 0.0833. The SMILES string of the molecule is Cc1nccc(Oc2ccc(C(=O)O)cc2Cl)n1. The van der Waals surface area contributed by atoms with Gasteiger partial charge in [-0.25, -0.2) is 9.78 Å². The van der Waals surface area contributed by atoms with Crippen molar-refractivity contribution in [3.63, 3.8) is 0 Å². The van der Waals surface area contributed by atoms with E-state index in [0.717, 1.165) is 0 Å². The Hall–Kier alpha value is -2.14. The van der Waals surface area contributed by atoms with Crippen molar-refractivity contribution in [3.8, 4) is 11.6 Å². The molecule has 1 heterocycles. The molecule has 0 radical (unpaired) electrons. The lowest BCUT2D eigenvalue weighted by molar-refractivity contribution is 0.0697. The van der Waals surface area contributed by atoms with Crippen LogP contribution in [0.3, 0.4) is 0 Å². The average Bonchev–Trinajstić information content (AvgIpc) is 2.31. The zero-order valence-electron chi connectivity index (χ0n) is 9.42. The number of benzene rings is 1. The number of hydrogen-bond acceptors (Lipinski definition) is 4. The maximum absolute atomic E-state index is 10.7. The fourth-order valence-corrected chi connectivity index (χ4v) is 1.54. The molecule has 1 N–H and O–H groups in total. The van der Waals surface area contributed by atoms with Gasteiger partial charge in [-0.2, -0.15) is 4.98 Å². The highest BCUT2D eigenvalue weighted by Crippen LogP contribution is 2.29. The minimum Gasteiger partial charge on any atom is -0.478 e. The molecule has 0 atom stereocenters. The summed E-state index contributed by atoms with van der Waals surface area (Å²) in [6.45, 7) is 1.74. The summed E-state index contributed by atoms with van der Waals surface area (Å²) >= 11 is 5.93. The minimum atomic E-state index is -1.04. The first kappa shape index (κ1) is 12.3. The summed E-state index contributed by atoms with van der Waals surface area (Å²) in [7, 11) is 0. The van der Waals surface area contributed by atoms with Crippen molar-refractivity contribution in [3.05, 3.63) is 46.9 Å². The fourth-order valence-electron chi connectivity index (χ4n) is 1.32. The second-order valence-electron chi connectivity index (χ2n) is 3.49. The Morgan fingerprint density at radius 3 is 2.78 bits per heavy atom. The summed E-state index contributed by atoms with van der Waals surface area (Å²) in [5.74, 6) is 0.236. The molecule has 0 saturated carbocycles. The number of nitrogens with zero attached hydrogens (tertiary/aromatic N) is 2. The van der Waals surface area contributed by atoms with Gasteiger partial charge < -0.3 is 9.84 Å². The number of hydrogen-bond donors (Lipinski definition) is 1. The summed E-state index contributed by atoms with van der Waals surface area (Å²) in [4.78, 5) is 18.7. The van der Waals surface area contributed by atoms with Gasteiger partial charge in [-0.1, -0.05) is 11.6 Å². The van der Waals surface area contributed by atoms with Crippen LogP contribution in [-0.4, -0.2) is 21.0 Å². The summed E-state index contributed by atoms with van der Waals surface area (Å²) in [5.41, 5.74) is 0.103. The largest absolute Gasteiger partial charge is 0.478 e. The second-order valence-corrected chi connectivity index (χ2v) is 3.90. The smallest absolute Gasteiger partial charge is 0.335 e. The van der Waals surface area contributed by atoms with E-state index in [9.17, 15) is 4.79 Å². The second kappa shape index (κ2) is 5.01. The van der Waals surface area contributed by atoms with Crippen LogP contribution in [0.15, 0.2) is 30.5 Å². The van der Waals surface area contributed by atoms with Crippen LogP contribution in [0.5, 0.6) is 11.6 Å².